The average Bonchev–Trinajstić information content (AvgIpc) is 2.13. The van der Waals surface area contributed by atoms with Gasteiger partial charge in [0.05, 0.1) is 0 Å². The van der Waals surface area contributed by atoms with Gasteiger partial charge < -0.3 is 4.90 Å². The van der Waals surface area contributed by atoms with E-state index in [4.69, 9.17) is 0 Å². The third kappa shape index (κ3) is 1.69. The molecule has 2 atom stereocenters. The molecule has 1 aliphatic rings. The van der Waals surface area contributed by atoms with Gasteiger partial charge in [0.2, 0.25) is 0 Å². The van der Waals surface area contributed by atoms with Gasteiger partial charge >= 0.3 is 0 Å². The minimum atomic E-state index is -0.568. The fraction of sp³-hybridized carbons (Fsp3) is 1.00. The summed E-state index contributed by atoms with van der Waals surface area (Å²) in [5.41, 5.74) is 0. The van der Waals surface area contributed by atoms with E-state index in [-0.39, 0.29) is 0 Å². The molecule has 10 heavy (non-hydrogen) atoms. The van der Waals surface area contributed by atoms with Crippen molar-refractivity contribution >= 4 is 0 Å². The molecule has 0 aromatic carbocycles. The van der Waals surface area contributed by atoms with Gasteiger partial charge in [-0.3, -0.25) is 0 Å². The van der Waals surface area contributed by atoms with Gasteiger partial charge in [-0.1, -0.05) is 13.3 Å². The van der Waals surface area contributed by atoms with E-state index in [1.807, 2.05) is 7.05 Å². The Balaban J connectivity index is 2.31. The van der Waals surface area contributed by atoms with Crippen molar-refractivity contribution in [2.45, 2.75) is 38.4 Å². The topological polar surface area (TPSA) is 3.24 Å². The van der Waals surface area contributed by atoms with Crippen LogP contribution in [0.15, 0.2) is 0 Å². The number of halogens is 1. The zero-order chi connectivity index (χ0) is 7.56. The largest absolute Gasteiger partial charge is 0.300 e. The second-order valence-electron chi connectivity index (χ2n) is 3.22. The summed E-state index contributed by atoms with van der Waals surface area (Å²) >= 11 is 0. The molecule has 0 unspecified atom stereocenters. The van der Waals surface area contributed by atoms with E-state index in [2.05, 4.69) is 11.8 Å². The van der Waals surface area contributed by atoms with E-state index in [9.17, 15) is 4.39 Å². The second-order valence-corrected chi connectivity index (χ2v) is 3.22. The van der Waals surface area contributed by atoms with Crippen molar-refractivity contribution in [2.75, 3.05) is 13.6 Å². The number of hydrogen-bond acceptors (Lipinski definition) is 1. The minimum Gasteiger partial charge on any atom is -0.300 e. The fourth-order valence-electron chi connectivity index (χ4n) is 1.68. The standard InChI is InChI=1S/C8H16FN/c1-3-4-8-5-7(9)6-10(8)2/h7-8H,3-6H2,1-2H3/t7-,8-/m1/s1. The highest BCUT2D eigenvalue weighted by molar-refractivity contribution is 4.82. The lowest BCUT2D eigenvalue weighted by molar-refractivity contribution is 0.284. The maximum Gasteiger partial charge on any atom is 0.114 e. The molecule has 0 saturated carbocycles. The lowest BCUT2D eigenvalue weighted by Gasteiger charge is -2.17. The Morgan fingerprint density at radius 2 is 2.30 bits per heavy atom. The molecule has 0 aliphatic carbocycles. The van der Waals surface area contributed by atoms with Gasteiger partial charge in [0.15, 0.2) is 0 Å². The van der Waals surface area contributed by atoms with Crippen molar-refractivity contribution in [3.63, 3.8) is 0 Å². The summed E-state index contributed by atoms with van der Waals surface area (Å²) in [7, 11) is 2.01. The summed E-state index contributed by atoms with van der Waals surface area (Å²) < 4.78 is 12.7. The van der Waals surface area contributed by atoms with Crippen LogP contribution in [0.25, 0.3) is 0 Å². The van der Waals surface area contributed by atoms with Crippen molar-refractivity contribution in [3.8, 4) is 0 Å². The molecule has 1 fully saturated rings. The number of rotatable bonds is 2. The molecule has 0 aromatic rings. The summed E-state index contributed by atoms with van der Waals surface area (Å²) in [5, 5.41) is 0. The Morgan fingerprint density at radius 3 is 2.70 bits per heavy atom. The molecule has 0 aromatic heterocycles. The Morgan fingerprint density at radius 1 is 1.60 bits per heavy atom. The van der Waals surface area contributed by atoms with Gasteiger partial charge in [-0.15, -0.1) is 0 Å². The molecule has 0 amide bonds. The van der Waals surface area contributed by atoms with Gasteiger partial charge in [-0.2, -0.15) is 0 Å². The van der Waals surface area contributed by atoms with Crippen molar-refractivity contribution in [2.24, 2.45) is 0 Å². The van der Waals surface area contributed by atoms with Crippen LogP contribution >= 0.6 is 0 Å². The molecule has 60 valence electrons. The van der Waals surface area contributed by atoms with Gasteiger partial charge in [0.1, 0.15) is 6.17 Å². The monoisotopic (exact) mass is 145 g/mol. The lowest BCUT2D eigenvalue weighted by Crippen LogP contribution is -2.24. The SMILES string of the molecule is CCC[C@@H]1C[C@@H](F)CN1C. The van der Waals surface area contributed by atoms with Crippen LogP contribution in [0, 0.1) is 0 Å². The first-order valence-corrected chi connectivity index (χ1v) is 4.08. The highest BCUT2D eigenvalue weighted by Crippen LogP contribution is 2.21. The van der Waals surface area contributed by atoms with Crippen LogP contribution in [-0.4, -0.2) is 30.7 Å². The number of likely N-dealkylation sites (tertiary alicyclic amines) is 1. The summed E-state index contributed by atoms with van der Waals surface area (Å²) in [6.45, 7) is 2.80. The molecule has 1 aliphatic heterocycles. The summed E-state index contributed by atoms with van der Waals surface area (Å²) in [4.78, 5) is 2.13. The third-order valence-corrected chi connectivity index (χ3v) is 2.26. The first kappa shape index (κ1) is 7.99. The highest BCUT2D eigenvalue weighted by atomic mass is 19.1. The first-order valence-electron chi connectivity index (χ1n) is 4.08. The predicted octanol–water partition coefficient (Wildman–Crippen LogP) is 1.83. The van der Waals surface area contributed by atoms with Crippen LogP contribution < -0.4 is 0 Å². The van der Waals surface area contributed by atoms with E-state index < -0.39 is 6.17 Å². The molecule has 2 heteroatoms. The molecule has 0 bridgehead atoms. The van der Waals surface area contributed by atoms with E-state index in [1.54, 1.807) is 0 Å². The summed E-state index contributed by atoms with van der Waals surface area (Å²) in [6, 6.07) is 0.514. The zero-order valence-electron chi connectivity index (χ0n) is 6.81. The molecule has 1 heterocycles. The van der Waals surface area contributed by atoms with Crippen molar-refractivity contribution in [1.82, 2.24) is 4.90 Å². The average molecular weight is 145 g/mol. The van der Waals surface area contributed by atoms with Crippen LogP contribution in [0.2, 0.25) is 0 Å². The van der Waals surface area contributed by atoms with Crippen LogP contribution in [0.3, 0.4) is 0 Å². The number of alkyl halides is 1. The maximum absolute atomic E-state index is 12.7. The smallest absolute Gasteiger partial charge is 0.114 e. The Hall–Kier alpha value is -0.110. The Bertz CT molecular complexity index is 105. The molecule has 1 nitrogen and oxygen atoms in total. The molecular formula is C8H16FN. The van der Waals surface area contributed by atoms with Crippen LogP contribution in [0.4, 0.5) is 4.39 Å². The zero-order valence-corrected chi connectivity index (χ0v) is 6.81. The third-order valence-electron chi connectivity index (χ3n) is 2.26. The van der Waals surface area contributed by atoms with Crippen molar-refractivity contribution in [3.05, 3.63) is 0 Å². The van der Waals surface area contributed by atoms with E-state index in [1.165, 1.54) is 6.42 Å². The molecule has 0 spiro atoms. The highest BCUT2D eigenvalue weighted by Gasteiger charge is 2.27. The van der Waals surface area contributed by atoms with Gasteiger partial charge in [0.25, 0.3) is 0 Å². The second kappa shape index (κ2) is 3.33. The molecule has 1 saturated heterocycles. The Kier molecular flexibility index (Phi) is 2.66. The minimum absolute atomic E-state index is 0.514. The predicted molar refractivity (Wildman–Crippen MR) is 40.8 cm³/mol. The lowest BCUT2D eigenvalue weighted by atomic mass is 10.1. The molecular weight excluding hydrogens is 129 g/mol. The summed E-state index contributed by atoms with van der Waals surface area (Å²) in [5.74, 6) is 0. The summed E-state index contributed by atoms with van der Waals surface area (Å²) in [6.07, 6.45) is 2.50. The number of hydrogen-bond donors (Lipinski definition) is 0. The van der Waals surface area contributed by atoms with Crippen LogP contribution in [0.1, 0.15) is 26.2 Å². The van der Waals surface area contributed by atoms with E-state index in [0.29, 0.717) is 12.6 Å². The van der Waals surface area contributed by atoms with Gasteiger partial charge in [-0.25, -0.2) is 4.39 Å². The molecule has 0 N–H and O–H groups in total. The quantitative estimate of drug-likeness (QED) is 0.573. The molecule has 1 rings (SSSR count). The van der Waals surface area contributed by atoms with E-state index >= 15 is 0 Å². The van der Waals surface area contributed by atoms with Crippen molar-refractivity contribution in [1.29, 1.82) is 0 Å². The maximum atomic E-state index is 12.7. The normalized spacial score (nSPS) is 35.1. The number of nitrogens with zero attached hydrogens (tertiary/aromatic N) is 1. The molecule has 0 radical (unpaired) electrons. The van der Waals surface area contributed by atoms with Crippen molar-refractivity contribution < 1.29 is 4.39 Å². The van der Waals surface area contributed by atoms with Gasteiger partial charge in [-0.05, 0) is 19.9 Å². The van der Waals surface area contributed by atoms with Crippen LogP contribution in [0.5, 0.6) is 0 Å². The fourth-order valence-corrected chi connectivity index (χ4v) is 1.68. The van der Waals surface area contributed by atoms with Gasteiger partial charge in [0, 0.05) is 12.6 Å². The van der Waals surface area contributed by atoms with Crippen LogP contribution in [-0.2, 0) is 0 Å². The first-order chi connectivity index (χ1) is 4.74. The Labute approximate surface area is 62.2 Å². The van der Waals surface area contributed by atoms with E-state index in [0.717, 1.165) is 12.8 Å².